The molecule has 0 unspecified atom stereocenters. The fourth-order valence-electron chi connectivity index (χ4n) is 2.94. The summed E-state index contributed by atoms with van der Waals surface area (Å²) < 4.78 is 25.7. The lowest BCUT2D eigenvalue weighted by Gasteiger charge is -2.24. The molecule has 2 rings (SSSR count). The summed E-state index contributed by atoms with van der Waals surface area (Å²) in [5.41, 5.74) is 0.349. The van der Waals surface area contributed by atoms with Gasteiger partial charge in [-0.25, -0.2) is 12.7 Å². The first-order chi connectivity index (χ1) is 6.96. The van der Waals surface area contributed by atoms with E-state index in [-0.39, 0.29) is 5.25 Å². The maximum Gasteiger partial charge on any atom is 0.216 e. The number of hydrogen-bond donors (Lipinski definition) is 0. The van der Waals surface area contributed by atoms with E-state index in [1.165, 1.54) is 25.7 Å². The van der Waals surface area contributed by atoms with Crippen LogP contribution >= 0.6 is 0 Å². The third kappa shape index (κ3) is 1.94. The molecule has 0 aromatic carbocycles. The molecule has 0 N–H and O–H groups in total. The lowest BCUT2D eigenvalue weighted by Crippen LogP contribution is -2.36. The summed E-state index contributed by atoms with van der Waals surface area (Å²) in [5, 5.41) is -0.269. The summed E-state index contributed by atoms with van der Waals surface area (Å²) >= 11 is 0. The van der Waals surface area contributed by atoms with Gasteiger partial charge in [-0.3, -0.25) is 0 Å². The van der Waals surface area contributed by atoms with Crippen molar-refractivity contribution in [3.05, 3.63) is 0 Å². The average Bonchev–Trinajstić information content (AvgIpc) is 2.77. The molecule has 0 amide bonds. The maximum absolute atomic E-state index is 12.0. The van der Waals surface area contributed by atoms with E-state index in [9.17, 15) is 8.42 Å². The molecule has 1 saturated carbocycles. The van der Waals surface area contributed by atoms with Gasteiger partial charge in [0.15, 0.2) is 0 Å². The summed E-state index contributed by atoms with van der Waals surface area (Å²) in [6, 6.07) is 0. The second-order valence-electron chi connectivity index (χ2n) is 5.38. The molecular formula is C11H21NO2S. The minimum absolute atomic E-state index is 0.269. The molecule has 3 nitrogen and oxygen atoms in total. The van der Waals surface area contributed by atoms with Crippen molar-refractivity contribution >= 4 is 10.0 Å². The summed E-state index contributed by atoms with van der Waals surface area (Å²) in [7, 11) is -3.01. The highest BCUT2D eigenvalue weighted by Gasteiger charge is 2.44. The lowest BCUT2D eigenvalue weighted by molar-refractivity contribution is 0.313. The van der Waals surface area contributed by atoms with Crippen LogP contribution in [0.15, 0.2) is 0 Å². The Hall–Kier alpha value is -0.0900. The van der Waals surface area contributed by atoms with E-state index < -0.39 is 10.0 Å². The molecule has 1 heterocycles. The van der Waals surface area contributed by atoms with Gasteiger partial charge in [0.2, 0.25) is 10.0 Å². The molecule has 1 aliphatic heterocycles. The van der Waals surface area contributed by atoms with Crippen molar-refractivity contribution in [2.24, 2.45) is 5.41 Å². The minimum atomic E-state index is -3.01. The highest BCUT2D eigenvalue weighted by Crippen LogP contribution is 2.46. The van der Waals surface area contributed by atoms with Crippen LogP contribution in [-0.2, 0) is 10.0 Å². The van der Waals surface area contributed by atoms with Crippen LogP contribution in [0.3, 0.4) is 0 Å². The Balaban J connectivity index is 2.10. The molecule has 88 valence electrons. The van der Waals surface area contributed by atoms with E-state index in [1.54, 1.807) is 18.2 Å². The molecule has 0 aromatic heterocycles. The summed E-state index contributed by atoms with van der Waals surface area (Å²) in [6.45, 7) is 5.08. The molecule has 0 aromatic rings. The first kappa shape index (κ1) is 11.4. The summed E-state index contributed by atoms with van der Waals surface area (Å²) in [6.07, 6.45) is 6.12. The predicted octanol–water partition coefficient (Wildman–Crippen LogP) is 1.99. The predicted molar refractivity (Wildman–Crippen MR) is 61.1 cm³/mol. The maximum atomic E-state index is 12.0. The van der Waals surface area contributed by atoms with Gasteiger partial charge in [-0.2, -0.15) is 0 Å². The van der Waals surface area contributed by atoms with Crippen molar-refractivity contribution in [2.75, 3.05) is 13.1 Å². The van der Waals surface area contributed by atoms with E-state index in [4.69, 9.17) is 0 Å². The smallest absolute Gasteiger partial charge is 0.212 e. The molecular weight excluding hydrogens is 210 g/mol. The molecule has 2 fully saturated rings. The zero-order chi connectivity index (χ0) is 11.1. The molecule has 1 spiro atoms. The van der Waals surface area contributed by atoms with Gasteiger partial charge in [-0.05, 0) is 38.5 Å². The van der Waals surface area contributed by atoms with E-state index in [0.717, 1.165) is 19.5 Å². The highest BCUT2D eigenvalue weighted by atomic mass is 32.2. The van der Waals surface area contributed by atoms with E-state index in [2.05, 4.69) is 0 Å². The van der Waals surface area contributed by atoms with Gasteiger partial charge in [0.1, 0.15) is 0 Å². The second kappa shape index (κ2) is 3.74. The fraction of sp³-hybridized carbons (Fsp3) is 1.00. The Morgan fingerprint density at radius 1 is 1.13 bits per heavy atom. The van der Waals surface area contributed by atoms with Crippen molar-refractivity contribution in [1.29, 1.82) is 0 Å². The van der Waals surface area contributed by atoms with Gasteiger partial charge >= 0.3 is 0 Å². The Morgan fingerprint density at radius 2 is 1.73 bits per heavy atom. The van der Waals surface area contributed by atoms with Crippen LogP contribution in [0.5, 0.6) is 0 Å². The van der Waals surface area contributed by atoms with Gasteiger partial charge in [-0.1, -0.05) is 12.8 Å². The molecule has 2 aliphatic rings. The van der Waals surface area contributed by atoms with Gasteiger partial charge in [0, 0.05) is 13.1 Å². The first-order valence-electron chi connectivity index (χ1n) is 5.95. The first-order valence-corrected chi connectivity index (χ1v) is 7.46. The zero-order valence-corrected chi connectivity index (χ0v) is 10.5. The topological polar surface area (TPSA) is 37.4 Å². The van der Waals surface area contributed by atoms with Crippen LogP contribution in [-0.4, -0.2) is 31.1 Å². The summed E-state index contributed by atoms with van der Waals surface area (Å²) in [4.78, 5) is 0. The van der Waals surface area contributed by atoms with Gasteiger partial charge in [0.05, 0.1) is 5.25 Å². The zero-order valence-electron chi connectivity index (χ0n) is 9.70. The number of hydrogen-bond acceptors (Lipinski definition) is 2. The second-order valence-corrected chi connectivity index (χ2v) is 7.87. The van der Waals surface area contributed by atoms with Crippen LogP contribution < -0.4 is 0 Å². The largest absolute Gasteiger partial charge is 0.216 e. The van der Waals surface area contributed by atoms with Crippen LogP contribution in [0.1, 0.15) is 46.0 Å². The highest BCUT2D eigenvalue weighted by molar-refractivity contribution is 7.89. The molecule has 1 aliphatic carbocycles. The Kier molecular flexibility index (Phi) is 2.84. The van der Waals surface area contributed by atoms with E-state index in [1.807, 2.05) is 0 Å². The lowest BCUT2D eigenvalue weighted by atomic mass is 9.86. The van der Waals surface area contributed by atoms with Gasteiger partial charge in [0.25, 0.3) is 0 Å². The van der Waals surface area contributed by atoms with Crippen molar-refractivity contribution in [2.45, 2.75) is 51.2 Å². The SMILES string of the molecule is CC(C)S(=O)(=O)N1CCC2(CCCC2)C1. The van der Waals surface area contributed by atoms with Gasteiger partial charge < -0.3 is 0 Å². The quantitative estimate of drug-likeness (QED) is 0.729. The van der Waals surface area contributed by atoms with Crippen molar-refractivity contribution in [3.63, 3.8) is 0 Å². The normalized spacial score (nSPS) is 26.9. The van der Waals surface area contributed by atoms with E-state index in [0.29, 0.717) is 5.41 Å². The summed E-state index contributed by atoms with van der Waals surface area (Å²) in [5.74, 6) is 0. The van der Waals surface area contributed by atoms with Crippen LogP contribution in [0.25, 0.3) is 0 Å². The molecule has 0 atom stereocenters. The molecule has 4 heteroatoms. The Morgan fingerprint density at radius 3 is 2.27 bits per heavy atom. The standard InChI is InChI=1S/C11H21NO2S/c1-10(2)15(13,14)12-8-7-11(9-12)5-3-4-6-11/h10H,3-9H2,1-2H3. The Bertz CT molecular complexity index is 328. The molecule has 1 saturated heterocycles. The van der Waals surface area contributed by atoms with Crippen molar-refractivity contribution in [3.8, 4) is 0 Å². The van der Waals surface area contributed by atoms with Crippen LogP contribution in [0.4, 0.5) is 0 Å². The Labute approximate surface area is 92.9 Å². The number of rotatable bonds is 2. The van der Waals surface area contributed by atoms with Crippen molar-refractivity contribution in [1.82, 2.24) is 4.31 Å². The average molecular weight is 231 g/mol. The van der Waals surface area contributed by atoms with Crippen LogP contribution in [0, 0.1) is 5.41 Å². The number of sulfonamides is 1. The molecule has 0 bridgehead atoms. The van der Waals surface area contributed by atoms with Crippen LogP contribution in [0.2, 0.25) is 0 Å². The third-order valence-corrected chi connectivity index (χ3v) is 6.25. The molecule has 15 heavy (non-hydrogen) atoms. The van der Waals surface area contributed by atoms with Gasteiger partial charge in [-0.15, -0.1) is 0 Å². The molecule has 0 radical (unpaired) electrons. The van der Waals surface area contributed by atoms with Crippen molar-refractivity contribution < 1.29 is 8.42 Å². The fourth-order valence-corrected chi connectivity index (χ4v) is 4.34. The number of nitrogens with zero attached hydrogens (tertiary/aromatic N) is 1. The van der Waals surface area contributed by atoms with E-state index >= 15 is 0 Å². The third-order valence-electron chi connectivity index (χ3n) is 4.02. The monoisotopic (exact) mass is 231 g/mol. The minimum Gasteiger partial charge on any atom is -0.212 e.